The van der Waals surface area contributed by atoms with E-state index in [4.69, 9.17) is 11.6 Å². The van der Waals surface area contributed by atoms with Crippen molar-refractivity contribution in [3.05, 3.63) is 99.6 Å². The van der Waals surface area contributed by atoms with Gasteiger partial charge in [0.25, 0.3) is 11.6 Å². The number of nitro benzene ring substituents is 1. The maximum atomic E-state index is 13.1. The highest BCUT2D eigenvalue weighted by Gasteiger charge is 2.31. The summed E-state index contributed by atoms with van der Waals surface area (Å²) in [5.41, 5.74) is 0.555. The quantitative estimate of drug-likeness (QED) is 0.265. The van der Waals surface area contributed by atoms with Crippen LogP contribution in [-0.2, 0) is 4.79 Å². The second kappa shape index (κ2) is 9.96. The van der Waals surface area contributed by atoms with Crippen LogP contribution in [0.15, 0.2) is 78.9 Å². The molecule has 0 aromatic heterocycles. The van der Waals surface area contributed by atoms with Crippen LogP contribution in [0, 0.1) is 10.1 Å². The summed E-state index contributed by atoms with van der Waals surface area (Å²) in [5, 5.41) is 16.7. The monoisotopic (exact) mass is 456 g/mol. The van der Waals surface area contributed by atoms with E-state index in [9.17, 15) is 19.7 Å². The number of nitro groups is 1. The Balaban J connectivity index is 1.89. The molecular weight excluding hydrogens is 440 g/mol. The molecule has 3 amide bonds. The molecule has 0 spiro atoms. The molecule has 0 saturated heterocycles. The topological polar surface area (TPSA) is 105 Å². The van der Waals surface area contributed by atoms with Gasteiger partial charge in [0.2, 0.25) is 0 Å². The predicted molar refractivity (Wildman–Crippen MR) is 122 cm³/mol. The minimum Gasteiger partial charge on any atom is -0.323 e. The molecule has 8 nitrogen and oxygen atoms in total. The summed E-state index contributed by atoms with van der Waals surface area (Å²) in [7, 11) is 0. The molecule has 158 valence electrons. The van der Waals surface area contributed by atoms with Crippen molar-refractivity contribution in [2.75, 3.05) is 10.6 Å². The standard InChI is InChI=1S/C21H17ClN4O4S/c22-15-10-4-5-11-16(15)23-20(27)19(14-8-2-1-3-9-14)25(31)21(28)24-17-12-6-7-13-18(17)26(29)30/h1-13,19,31H,(H,23,27)(H,24,28). The third kappa shape index (κ3) is 5.33. The Morgan fingerprint density at radius 1 is 0.903 bits per heavy atom. The van der Waals surface area contributed by atoms with Gasteiger partial charge in [0.1, 0.15) is 11.7 Å². The van der Waals surface area contributed by atoms with E-state index in [0.29, 0.717) is 16.3 Å². The highest BCUT2D eigenvalue weighted by atomic mass is 35.5. The van der Waals surface area contributed by atoms with E-state index in [1.807, 2.05) is 0 Å². The molecule has 0 radical (unpaired) electrons. The lowest BCUT2D eigenvalue weighted by Crippen LogP contribution is -2.38. The van der Waals surface area contributed by atoms with Crippen molar-refractivity contribution in [1.29, 1.82) is 0 Å². The van der Waals surface area contributed by atoms with Crippen molar-refractivity contribution in [2.24, 2.45) is 0 Å². The van der Waals surface area contributed by atoms with Crippen LogP contribution >= 0.6 is 24.4 Å². The van der Waals surface area contributed by atoms with E-state index < -0.39 is 22.9 Å². The number of nitrogens with zero attached hydrogens (tertiary/aromatic N) is 2. The van der Waals surface area contributed by atoms with Crippen molar-refractivity contribution < 1.29 is 14.5 Å². The maximum absolute atomic E-state index is 13.1. The molecule has 3 aromatic rings. The lowest BCUT2D eigenvalue weighted by molar-refractivity contribution is -0.383. The fraction of sp³-hybridized carbons (Fsp3) is 0.0476. The van der Waals surface area contributed by atoms with E-state index in [2.05, 4.69) is 23.4 Å². The van der Waals surface area contributed by atoms with Crippen LogP contribution in [0.4, 0.5) is 21.9 Å². The number of benzene rings is 3. The average molecular weight is 457 g/mol. The third-order valence-electron chi connectivity index (χ3n) is 4.29. The Morgan fingerprint density at radius 2 is 1.48 bits per heavy atom. The van der Waals surface area contributed by atoms with Crippen LogP contribution in [0.2, 0.25) is 5.02 Å². The van der Waals surface area contributed by atoms with Gasteiger partial charge in [-0.3, -0.25) is 19.2 Å². The summed E-state index contributed by atoms with van der Waals surface area (Å²) >= 11 is 10.4. The number of halogens is 1. The molecule has 2 N–H and O–H groups in total. The van der Waals surface area contributed by atoms with E-state index in [0.717, 1.165) is 4.31 Å². The van der Waals surface area contributed by atoms with Gasteiger partial charge >= 0.3 is 6.03 Å². The molecule has 31 heavy (non-hydrogen) atoms. The minimum atomic E-state index is -1.15. The highest BCUT2D eigenvalue weighted by Crippen LogP contribution is 2.29. The van der Waals surface area contributed by atoms with Gasteiger partial charge in [0, 0.05) is 6.07 Å². The molecule has 3 aromatic carbocycles. The van der Waals surface area contributed by atoms with Gasteiger partial charge in [-0.25, -0.2) is 4.79 Å². The summed E-state index contributed by atoms with van der Waals surface area (Å²) in [6, 6.07) is 18.9. The van der Waals surface area contributed by atoms with E-state index >= 15 is 0 Å². The number of hydrogen-bond acceptors (Lipinski definition) is 5. The Hall–Kier alpha value is -3.56. The molecule has 1 unspecified atom stereocenters. The van der Waals surface area contributed by atoms with E-state index in [1.54, 1.807) is 60.7 Å². The molecule has 10 heteroatoms. The van der Waals surface area contributed by atoms with Crippen LogP contribution in [0.1, 0.15) is 11.6 Å². The van der Waals surface area contributed by atoms with Crippen molar-refractivity contribution in [1.82, 2.24) is 4.31 Å². The fourth-order valence-corrected chi connectivity index (χ4v) is 3.30. The fourth-order valence-electron chi connectivity index (χ4n) is 2.83. The average Bonchev–Trinajstić information content (AvgIpc) is 2.76. The summed E-state index contributed by atoms with van der Waals surface area (Å²) < 4.78 is 0.873. The van der Waals surface area contributed by atoms with Crippen LogP contribution in [-0.4, -0.2) is 21.2 Å². The zero-order chi connectivity index (χ0) is 22.4. The molecule has 0 heterocycles. The molecule has 0 aliphatic heterocycles. The summed E-state index contributed by atoms with van der Waals surface area (Å²) in [4.78, 5) is 36.5. The van der Waals surface area contributed by atoms with Crippen molar-refractivity contribution in [3.8, 4) is 0 Å². The van der Waals surface area contributed by atoms with Gasteiger partial charge in [-0.05, 0) is 23.8 Å². The zero-order valence-electron chi connectivity index (χ0n) is 15.9. The Bertz CT molecular complexity index is 1110. The second-order valence-electron chi connectivity index (χ2n) is 6.33. The maximum Gasteiger partial charge on any atom is 0.332 e. The van der Waals surface area contributed by atoms with E-state index in [1.165, 1.54) is 18.2 Å². The number of anilines is 2. The number of nitrogens with one attached hydrogen (secondary N) is 2. The normalized spacial score (nSPS) is 11.3. The summed E-state index contributed by atoms with van der Waals surface area (Å²) in [6.45, 7) is 0. The first kappa shape index (κ1) is 22.1. The number of hydrogen-bond donors (Lipinski definition) is 3. The predicted octanol–water partition coefficient (Wildman–Crippen LogP) is 5.31. The molecule has 3 rings (SSSR count). The van der Waals surface area contributed by atoms with Gasteiger partial charge in [0.05, 0.1) is 15.6 Å². The number of thiol groups is 1. The number of carbonyl (C=O) groups excluding carboxylic acids is 2. The zero-order valence-corrected chi connectivity index (χ0v) is 17.6. The van der Waals surface area contributed by atoms with Gasteiger partial charge < -0.3 is 10.6 Å². The molecule has 0 fully saturated rings. The van der Waals surface area contributed by atoms with Crippen LogP contribution in [0.3, 0.4) is 0 Å². The first-order chi connectivity index (χ1) is 14.9. The SMILES string of the molecule is O=C(Nc1ccccc1Cl)C(c1ccccc1)N(S)C(=O)Nc1ccccc1[N+](=O)[O-]. The van der Waals surface area contributed by atoms with E-state index in [-0.39, 0.29) is 11.4 Å². The largest absolute Gasteiger partial charge is 0.332 e. The van der Waals surface area contributed by atoms with Crippen molar-refractivity contribution in [3.63, 3.8) is 0 Å². The summed E-state index contributed by atoms with van der Waals surface area (Å²) in [5.74, 6) is -0.563. The molecule has 1 atom stereocenters. The highest BCUT2D eigenvalue weighted by molar-refractivity contribution is 7.78. The molecule has 0 aliphatic rings. The number of carbonyl (C=O) groups is 2. The van der Waals surface area contributed by atoms with Gasteiger partial charge in [0.15, 0.2) is 0 Å². The van der Waals surface area contributed by atoms with Gasteiger partial charge in [-0.15, -0.1) is 0 Å². The Labute approximate surface area is 188 Å². The second-order valence-corrected chi connectivity index (χ2v) is 7.17. The van der Waals surface area contributed by atoms with Crippen molar-refractivity contribution in [2.45, 2.75) is 6.04 Å². The Kier molecular flexibility index (Phi) is 7.11. The molecule has 0 bridgehead atoms. The van der Waals surface area contributed by atoms with Crippen molar-refractivity contribution >= 4 is 53.4 Å². The van der Waals surface area contributed by atoms with Crippen LogP contribution in [0.25, 0.3) is 0 Å². The number of amides is 3. The molecular formula is C21H17ClN4O4S. The Morgan fingerprint density at radius 3 is 2.13 bits per heavy atom. The smallest absolute Gasteiger partial charge is 0.323 e. The number of urea groups is 1. The minimum absolute atomic E-state index is 0.0186. The van der Waals surface area contributed by atoms with Crippen LogP contribution in [0.5, 0.6) is 0 Å². The summed E-state index contributed by atoms with van der Waals surface area (Å²) in [6.07, 6.45) is 0. The number of para-hydroxylation sites is 3. The lowest BCUT2D eigenvalue weighted by atomic mass is 10.1. The lowest BCUT2D eigenvalue weighted by Gasteiger charge is -2.26. The van der Waals surface area contributed by atoms with Crippen LogP contribution < -0.4 is 10.6 Å². The molecule has 0 saturated carbocycles. The third-order valence-corrected chi connectivity index (χ3v) is 5.03. The molecule has 0 aliphatic carbocycles. The first-order valence-electron chi connectivity index (χ1n) is 9.01. The number of rotatable bonds is 6. The van der Waals surface area contributed by atoms with Gasteiger partial charge in [-0.1, -0.05) is 79.0 Å². The van der Waals surface area contributed by atoms with Gasteiger partial charge in [-0.2, -0.15) is 0 Å². The first-order valence-corrected chi connectivity index (χ1v) is 9.79.